The second-order valence-electron chi connectivity index (χ2n) is 5.08. The number of carbonyl (C=O) groups excluding carboxylic acids is 1. The zero-order valence-electron chi connectivity index (χ0n) is 12.0. The Morgan fingerprint density at radius 1 is 1.33 bits per heavy atom. The molecule has 2 rings (SSSR count). The maximum Gasteiger partial charge on any atom is 0.274 e. The minimum Gasteiger partial charge on any atom is -0.399 e. The summed E-state index contributed by atoms with van der Waals surface area (Å²) in [5.41, 5.74) is 7.24. The first kappa shape index (κ1) is 14.8. The van der Waals surface area contributed by atoms with Crippen molar-refractivity contribution in [1.82, 2.24) is 15.1 Å². The van der Waals surface area contributed by atoms with Crippen LogP contribution in [-0.2, 0) is 6.54 Å². The first-order chi connectivity index (χ1) is 9.97. The Labute approximate surface area is 122 Å². The molecule has 0 unspecified atom stereocenters. The van der Waals surface area contributed by atoms with Gasteiger partial charge in [-0.05, 0) is 37.6 Å². The van der Waals surface area contributed by atoms with Crippen molar-refractivity contribution in [2.24, 2.45) is 0 Å². The minimum atomic E-state index is -0.335. The van der Waals surface area contributed by atoms with E-state index in [0.29, 0.717) is 12.2 Å². The van der Waals surface area contributed by atoms with Crippen molar-refractivity contribution in [2.75, 3.05) is 5.73 Å². The lowest BCUT2D eigenvalue weighted by atomic mass is 10.1. The molecule has 0 spiro atoms. The van der Waals surface area contributed by atoms with Crippen molar-refractivity contribution in [1.29, 1.82) is 0 Å². The molecule has 0 aliphatic heterocycles. The lowest BCUT2D eigenvalue weighted by Gasteiger charge is -2.26. The van der Waals surface area contributed by atoms with Gasteiger partial charge in [0.1, 0.15) is 5.69 Å². The Kier molecular flexibility index (Phi) is 4.37. The van der Waals surface area contributed by atoms with Crippen molar-refractivity contribution in [2.45, 2.75) is 26.4 Å². The van der Waals surface area contributed by atoms with Crippen molar-refractivity contribution < 1.29 is 4.79 Å². The minimum absolute atomic E-state index is 0.00680. The van der Waals surface area contributed by atoms with Crippen molar-refractivity contribution >= 4 is 11.6 Å². The predicted molar refractivity (Wildman–Crippen MR) is 80.7 cm³/mol. The SMILES string of the molecule is CC(C)N(Cc1cccc(N)c1)C(=O)c1ccc(=O)[nH]n1. The molecule has 1 amide bonds. The molecule has 0 radical (unpaired) electrons. The Morgan fingerprint density at radius 3 is 2.67 bits per heavy atom. The second kappa shape index (κ2) is 6.21. The molecular weight excluding hydrogens is 268 g/mol. The van der Waals surface area contributed by atoms with Crippen LogP contribution < -0.4 is 11.3 Å². The summed E-state index contributed by atoms with van der Waals surface area (Å²) in [4.78, 5) is 25.2. The summed E-state index contributed by atoms with van der Waals surface area (Å²) in [6.45, 7) is 4.29. The number of nitrogen functional groups attached to an aromatic ring is 1. The molecule has 0 saturated carbocycles. The number of rotatable bonds is 4. The van der Waals surface area contributed by atoms with E-state index in [-0.39, 0.29) is 23.2 Å². The number of hydrogen-bond acceptors (Lipinski definition) is 4. The third-order valence-corrected chi connectivity index (χ3v) is 3.09. The number of anilines is 1. The lowest BCUT2D eigenvalue weighted by molar-refractivity contribution is 0.0683. The number of nitrogens with one attached hydrogen (secondary N) is 1. The van der Waals surface area contributed by atoms with Crippen molar-refractivity contribution in [3.05, 3.63) is 58.0 Å². The summed E-state index contributed by atoms with van der Waals surface area (Å²) in [5, 5.41) is 6.06. The molecular formula is C15H18N4O2. The molecule has 3 N–H and O–H groups in total. The van der Waals surface area contributed by atoms with Crippen LogP contribution in [0.15, 0.2) is 41.2 Å². The van der Waals surface area contributed by atoms with E-state index in [1.807, 2.05) is 32.0 Å². The number of amides is 1. The smallest absolute Gasteiger partial charge is 0.274 e. The first-order valence-electron chi connectivity index (χ1n) is 6.68. The molecule has 0 atom stereocenters. The highest BCUT2D eigenvalue weighted by Gasteiger charge is 2.20. The molecule has 1 aromatic heterocycles. The zero-order valence-corrected chi connectivity index (χ0v) is 12.0. The van der Waals surface area contributed by atoms with Gasteiger partial charge in [0.15, 0.2) is 0 Å². The molecule has 0 aliphatic carbocycles. The van der Waals surface area contributed by atoms with E-state index >= 15 is 0 Å². The third-order valence-electron chi connectivity index (χ3n) is 3.09. The number of H-pyrrole nitrogens is 1. The number of nitrogens with two attached hydrogens (primary N) is 1. The monoisotopic (exact) mass is 286 g/mol. The molecule has 2 aromatic rings. The number of benzene rings is 1. The standard InChI is InChI=1S/C15H18N4O2/c1-10(2)19(9-11-4-3-5-12(16)8-11)15(21)13-6-7-14(20)18-17-13/h3-8,10H,9,16H2,1-2H3,(H,18,20). The van der Waals surface area contributed by atoms with E-state index in [4.69, 9.17) is 5.73 Å². The molecule has 21 heavy (non-hydrogen) atoms. The van der Waals surface area contributed by atoms with Gasteiger partial charge in [-0.25, -0.2) is 5.10 Å². The van der Waals surface area contributed by atoms with Gasteiger partial charge >= 0.3 is 0 Å². The number of hydrogen-bond donors (Lipinski definition) is 2. The Morgan fingerprint density at radius 2 is 2.10 bits per heavy atom. The summed E-state index contributed by atoms with van der Waals surface area (Å²) < 4.78 is 0. The van der Waals surface area contributed by atoms with Gasteiger partial charge in [-0.15, -0.1) is 0 Å². The Hall–Kier alpha value is -2.63. The molecule has 1 aromatic carbocycles. The van der Waals surface area contributed by atoms with Crippen molar-refractivity contribution in [3.8, 4) is 0 Å². The van der Waals surface area contributed by atoms with Crippen LogP contribution in [0.4, 0.5) is 5.69 Å². The third kappa shape index (κ3) is 3.68. The maximum absolute atomic E-state index is 12.5. The van der Waals surface area contributed by atoms with E-state index < -0.39 is 0 Å². The van der Waals surface area contributed by atoms with Crippen LogP contribution in [0.3, 0.4) is 0 Å². The Balaban J connectivity index is 2.24. The van der Waals surface area contributed by atoms with Crippen molar-refractivity contribution in [3.63, 3.8) is 0 Å². The van der Waals surface area contributed by atoms with Crippen LogP contribution >= 0.6 is 0 Å². The van der Waals surface area contributed by atoms with Gasteiger partial charge in [0, 0.05) is 24.3 Å². The topological polar surface area (TPSA) is 92.1 Å². The zero-order chi connectivity index (χ0) is 15.4. The Bertz CT molecular complexity index is 674. The molecule has 0 saturated heterocycles. The average molecular weight is 286 g/mol. The summed E-state index contributed by atoms with van der Waals surface area (Å²) >= 11 is 0. The van der Waals surface area contributed by atoms with E-state index in [9.17, 15) is 9.59 Å². The largest absolute Gasteiger partial charge is 0.399 e. The van der Waals surface area contributed by atoms with Crippen LogP contribution in [0.2, 0.25) is 0 Å². The molecule has 0 bridgehead atoms. The fourth-order valence-corrected chi connectivity index (χ4v) is 1.99. The summed E-state index contributed by atoms with van der Waals surface area (Å²) in [6, 6.07) is 10.1. The molecule has 0 aliphatic rings. The van der Waals surface area contributed by atoms with Gasteiger partial charge in [0.25, 0.3) is 11.5 Å². The van der Waals surface area contributed by atoms with Crippen LogP contribution in [0.1, 0.15) is 29.9 Å². The van der Waals surface area contributed by atoms with Gasteiger partial charge in [-0.1, -0.05) is 12.1 Å². The quantitative estimate of drug-likeness (QED) is 0.831. The average Bonchev–Trinajstić information content (AvgIpc) is 2.44. The van der Waals surface area contributed by atoms with E-state index in [1.54, 1.807) is 11.0 Å². The number of aromatic amines is 1. The van der Waals surface area contributed by atoms with Crippen LogP contribution in [0.25, 0.3) is 0 Å². The molecule has 0 fully saturated rings. The van der Waals surface area contributed by atoms with Crippen LogP contribution in [-0.4, -0.2) is 27.0 Å². The second-order valence-corrected chi connectivity index (χ2v) is 5.08. The molecule has 6 nitrogen and oxygen atoms in total. The summed E-state index contributed by atoms with van der Waals surface area (Å²) in [5.74, 6) is -0.233. The normalized spacial score (nSPS) is 10.6. The van der Waals surface area contributed by atoms with Gasteiger partial charge in [-0.3, -0.25) is 9.59 Å². The van der Waals surface area contributed by atoms with E-state index in [1.165, 1.54) is 12.1 Å². The predicted octanol–water partition coefficient (Wildman–Crippen LogP) is 1.40. The number of aromatic nitrogens is 2. The highest BCUT2D eigenvalue weighted by Crippen LogP contribution is 2.14. The van der Waals surface area contributed by atoms with Gasteiger partial charge in [0.05, 0.1) is 0 Å². The highest BCUT2D eigenvalue weighted by molar-refractivity contribution is 5.92. The van der Waals surface area contributed by atoms with E-state index in [2.05, 4.69) is 10.2 Å². The molecule has 6 heteroatoms. The van der Waals surface area contributed by atoms with Gasteiger partial charge in [0.2, 0.25) is 0 Å². The maximum atomic E-state index is 12.5. The van der Waals surface area contributed by atoms with Crippen LogP contribution in [0, 0.1) is 0 Å². The highest BCUT2D eigenvalue weighted by atomic mass is 16.2. The van der Waals surface area contributed by atoms with E-state index in [0.717, 1.165) is 5.56 Å². The van der Waals surface area contributed by atoms with Gasteiger partial charge < -0.3 is 10.6 Å². The molecule has 1 heterocycles. The molecule has 110 valence electrons. The fourth-order valence-electron chi connectivity index (χ4n) is 1.99. The number of nitrogens with zero attached hydrogens (tertiary/aromatic N) is 2. The fraction of sp³-hybridized carbons (Fsp3) is 0.267. The number of carbonyl (C=O) groups is 1. The summed E-state index contributed by atoms with van der Waals surface area (Å²) in [6.07, 6.45) is 0. The summed E-state index contributed by atoms with van der Waals surface area (Å²) in [7, 11) is 0. The lowest BCUT2D eigenvalue weighted by Crippen LogP contribution is -2.37. The van der Waals surface area contributed by atoms with Crippen LogP contribution in [0.5, 0.6) is 0 Å². The first-order valence-corrected chi connectivity index (χ1v) is 6.68. The van der Waals surface area contributed by atoms with Gasteiger partial charge in [-0.2, -0.15) is 5.10 Å².